The van der Waals surface area contributed by atoms with Crippen LogP contribution in [0.4, 0.5) is 5.82 Å². The second kappa shape index (κ2) is 7.59. The lowest BCUT2D eigenvalue weighted by molar-refractivity contribution is 0.354. The predicted molar refractivity (Wildman–Crippen MR) is 108 cm³/mol. The molecule has 3 aromatic heterocycles. The molecule has 4 rings (SSSR count). The van der Waals surface area contributed by atoms with Crippen molar-refractivity contribution in [2.75, 3.05) is 19.5 Å². The molecular formula is C20H18N4O2S. The van der Waals surface area contributed by atoms with E-state index in [1.54, 1.807) is 38.1 Å². The van der Waals surface area contributed by atoms with Crippen molar-refractivity contribution in [3.05, 3.63) is 60.7 Å². The lowest BCUT2D eigenvalue weighted by Crippen LogP contribution is -2.02. The SMILES string of the molecule is COc1ccc(CNc2ncnc3cc(-c4cccnc4)sc23)cc1OC. The standard InChI is InChI=1S/C20H18N4O2S/c1-25-16-6-5-13(8-17(16)26-2)10-22-20-19-15(23-12-24-20)9-18(27-19)14-4-3-7-21-11-14/h3-9,11-12H,10H2,1-2H3,(H,22,23,24). The van der Waals surface area contributed by atoms with Crippen molar-refractivity contribution in [1.82, 2.24) is 15.0 Å². The Morgan fingerprint density at radius 3 is 2.70 bits per heavy atom. The van der Waals surface area contributed by atoms with E-state index in [2.05, 4.69) is 26.3 Å². The van der Waals surface area contributed by atoms with Crippen molar-refractivity contribution >= 4 is 27.4 Å². The predicted octanol–water partition coefficient (Wildman–Crippen LogP) is 4.38. The molecule has 6 nitrogen and oxygen atoms in total. The van der Waals surface area contributed by atoms with Crippen LogP contribution in [0, 0.1) is 0 Å². The van der Waals surface area contributed by atoms with Crippen molar-refractivity contribution in [2.24, 2.45) is 0 Å². The van der Waals surface area contributed by atoms with Gasteiger partial charge in [0.05, 0.1) is 24.4 Å². The molecule has 0 atom stereocenters. The zero-order valence-corrected chi connectivity index (χ0v) is 15.8. The minimum atomic E-state index is 0.618. The Labute approximate surface area is 160 Å². The Hall–Kier alpha value is -3.19. The average Bonchev–Trinajstić information content (AvgIpc) is 3.17. The number of nitrogens with one attached hydrogen (secondary N) is 1. The highest BCUT2D eigenvalue weighted by Crippen LogP contribution is 2.35. The van der Waals surface area contributed by atoms with Crippen LogP contribution in [0.2, 0.25) is 0 Å². The molecule has 0 saturated carbocycles. The zero-order chi connectivity index (χ0) is 18.6. The van der Waals surface area contributed by atoms with Gasteiger partial charge >= 0.3 is 0 Å². The van der Waals surface area contributed by atoms with E-state index >= 15 is 0 Å². The number of hydrogen-bond acceptors (Lipinski definition) is 7. The summed E-state index contributed by atoms with van der Waals surface area (Å²) < 4.78 is 11.7. The van der Waals surface area contributed by atoms with Gasteiger partial charge in [-0.3, -0.25) is 4.98 Å². The first-order valence-corrected chi connectivity index (χ1v) is 9.20. The highest BCUT2D eigenvalue weighted by Gasteiger charge is 2.11. The number of aromatic nitrogens is 3. The van der Waals surface area contributed by atoms with E-state index in [0.29, 0.717) is 18.0 Å². The van der Waals surface area contributed by atoms with Gasteiger partial charge in [0.1, 0.15) is 12.1 Å². The summed E-state index contributed by atoms with van der Waals surface area (Å²) in [4.78, 5) is 14.1. The molecule has 0 fully saturated rings. The Bertz CT molecular complexity index is 1070. The molecule has 0 aliphatic carbocycles. The van der Waals surface area contributed by atoms with Crippen LogP contribution in [0.1, 0.15) is 5.56 Å². The number of thiophene rings is 1. The first-order valence-electron chi connectivity index (χ1n) is 8.38. The normalized spacial score (nSPS) is 10.7. The third kappa shape index (κ3) is 3.54. The van der Waals surface area contributed by atoms with E-state index in [1.807, 2.05) is 36.5 Å². The quantitative estimate of drug-likeness (QED) is 0.537. The maximum Gasteiger partial charge on any atom is 0.161 e. The number of nitrogens with zero attached hydrogens (tertiary/aromatic N) is 3. The van der Waals surface area contributed by atoms with Crippen LogP contribution in [0.15, 0.2) is 55.1 Å². The van der Waals surface area contributed by atoms with Crippen LogP contribution >= 0.6 is 11.3 Å². The topological polar surface area (TPSA) is 69.2 Å². The van der Waals surface area contributed by atoms with Crippen LogP contribution in [0.3, 0.4) is 0 Å². The summed E-state index contributed by atoms with van der Waals surface area (Å²) in [5.74, 6) is 2.24. The van der Waals surface area contributed by atoms with E-state index in [9.17, 15) is 0 Å². The molecule has 136 valence electrons. The molecule has 0 aliphatic rings. The molecule has 0 spiro atoms. The van der Waals surface area contributed by atoms with Crippen molar-refractivity contribution < 1.29 is 9.47 Å². The fourth-order valence-corrected chi connectivity index (χ4v) is 3.87. The number of anilines is 1. The van der Waals surface area contributed by atoms with Crippen molar-refractivity contribution in [3.8, 4) is 21.9 Å². The maximum atomic E-state index is 5.37. The summed E-state index contributed by atoms with van der Waals surface area (Å²) in [5, 5.41) is 3.40. The van der Waals surface area contributed by atoms with Gasteiger partial charge in [0.25, 0.3) is 0 Å². The Morgan fingerprint density at radius 1 is 1.04 bits per heavy atom. The summed E-state index contributed by atoms with van der Waals surface area (Å²) in [6, 6.07) is 11.9. The molecule has 0 saturated heterocycles. The summed E-state index contributed by atoms with van der Waals surface area (Å²) >= 11 is 1.65. The second-order valence-electron chi connectivity index (χ2n) is 5.83. The smallest absolute Gasteiger partial charge is 0.161 e. The maximum absolute atomic E-state index is 5.37. The third-order valence-corrected chi connectivity index (χ3v) is 5.35. The number of hydrogen-bond donors (Lipinski definition) is 1. The molecular weight excluding hydrogens is 360 g/mol. The van der Waals surface area contributed by atoms with Crippen LogP contribution in [-0.2, 0) is 6.54 Å². The van der Waals surface area contributed by atoms with Crippen LogP contribution in [0.25, 0.3) is 20.7 Å². The van der Waals surface area contributed by atoms with Gasteiger partial charge in [-0.2, -0.15) is 0 Å². The van der Waals surface area contributed by atoms with Crippen molar-refractivity contribution in [2.45, 2.75) is 6.54 Å². The number of methoxy groups -OCH3 is 2. The lowest BCUT2D eigenvalue weighted by atomic mass is 10.2. The van der Waals surface area contributed by atoms with E-state index in [4.69, 9.17) is 9.47 Å². The second-order valence-corrected chi connectivity index (χ2v) is 6.88. The first-order chi connectivity index (χ1) is 13.3. The molecule has 0 aliphatic heterocycles. The fraction of sp³-hybridized carbons (Fsp3) is 0.150. The van der Waals surface area contributed by atoms with Gasteiger partial charge in [-0.25, -0.2) is 9.97 Å². The molecule has 3 heterocycles. The molecule has 27 heavy (non-hydrogen) atoms. The molecule has 0 amide bonds. The van der Waals surface area contributed by atoms with Crippen LogP contribution in [-0.4, -0.2) is 29.2 Å². The summed E-state index contributed by atoms with van der Waals surface area (Å²) in [6.45, 7) is 0.618. The number of rotatable bonds is 6. The highest BCUT2D eigenvalue weighted by molar-refractivity contribution is 7.22. The molecule has 1 aromatic carbocycles. The number of fused-ring (bicyclic) bond motifs is 1. The fourth-order valence-electron chi connectivity index (χ4n) is 2.81. The minimum absolute atomic E-state index is 0.618. The van der Waals surface area contributed by atoms with Gasteiger partial charge in [0.15, 0.2) is 11.5 Å². The summed E-state index contributed by atoms with van der Waals surface area (Å²) in [6.07, 6.45) is 5.21. The Balaban J connectivity index is 1.60. The van der Waals surface area contributed by atoms with Gasteiger partial charge in [0, 0.05) is 29.4 Å². The van der Waals surface area contributed by atoms with Gasteiger partial charge in [-0.15, -0.1) is 11.3 Å². The Kier molecular flexibility index (Phi) is 4.84. The Morgan fingerprint density at radius 2 is 1.93 bits per heavy atom. The molecule has 7 heteroatoms. The summed E-state index contributed by atoms with van der Waals surface area (Å²) in [7, 11) is 3.26. The molecule has 4 aromatic rings. The lowest BCUT2D eigenvalue weighted by Gasteiger charge is -2.10. The molecule has 1 N–H and O–H groups in total. The van der Waals surface area contributed by atoms with E-state index < -0.39 is 0 Å². The number of benzene rings is 1. The zero-order valence-electron chi connectivity index (χ0n) is 15.0. The van der Waals surface area contributed by atoms with Crippen LogP contribution < -0.4 is 14.8 Å². The number of ether oxygens (including phenoxy) is 2. The third-order valence-electron chi connectivity index (χ3n) is 4.17. The summed E-state index contributed by atoms with van der Waals surface area (Å²) in [5.41, 5.74) is 3.07. The van der Waals surface area contributed by atoms with Gasteiger partial charge in [-0.1, -0.05) is 12.1 Å². The van der Waals surface area contributed by atoms with Crippen LogP contribution in [0.5, 0.6) is 11.5 Å². The van der Waals surface area contributed by atoms with Crippen molar-refractivity contribution in [1.29, 1.82) is 0 Å². The van der Waals surface area contributed by atoms with Gasteiger partial charge in [-0.05, 0) is 29.8 Å². The largest absolute Gasteiger partial charge is 0.493 e. The van der Waals surface area contributed by atoms with E-state index in [-0.39, 0.29) is 0 Å². The molecule has 0 radical (unpaired) electrons. The minimum Gasteiger partial charge on any atom is -0.493 e. The van der Waals surface area contributed by atoms with Gasteiger partial charge in [0.2, 0.25) is 0 Å². The first kappa shape index (κ1) is 17.2. The number of pyridine rings is 1. The van der Waals surface area contributed by atoms with E-state index in [0.717, 1.165) is 32.0 Å². The highest BCUT2D eigenvalue weighted by atomic mass is 32.1. The molecule has 0 bridgehead atoms. The van der Waals surface area contributed by atoms with Gasteiger partial charge < -0.3 is 14.8 Å². The van der Waals surface area contributed by atoms with Crippen molar-refractivity contribution in [3.63, 3.8) is 0 Å². The molecule has 0 unspecified atom stereocenters. The monoisotopic (exact) mass is 378 g/mol. The van der Waals surface area contributed by atoms with E-state index in [1.165, 1.54) is 0 Å². The average molecular weight is 378 g/mol.